The van der Waals surface area contributed by atoms with Gasteiger partial charge in [-0.05, 0) is 41.1 Å². The minimum atomic E-state index is -0.673. The van der Waals surface area contributed by atoms with Gasteiger partial charge in [0.2, 0.25) is 0 Å². The topological polar surface area (TPSA) is 90.3 Å². The third-order valence-corrected chi connectivity index (χ3v) is 3.81. The van der Waals surface area contributed by atoms with Crippen LogP contribution in [-0.4, -0.2) is 22.6 Å². The van der Waals surface area contributed by atoms with Gasteiger partial charge in [0.05, 0.1) is 0 Å². The highest BCUT2D eigenvalue weighted by Gasteiger charge is 2.28. The number of aliphatic hydroxyl groups excluding tert-OH is 1. The predicted molar refractivity (Wildman–Crippen MR) is 77.2 cm³/mol. The van der Waals surface area contributed by atoms with Gasteiger partial charge in [0.25, 0.3) is 5.91 Å². The highest BCUT2D eigenvalue weighted by Crippen LogP contribution is 2.30. The van der Waals surface area contributed by atoms with E-state index in [0.29, 0.717) is 18.0 Å². The van der Waals surface area contributed by atoms with Crippen molar-refractivity contribution in [3.63, 3.8) is 0 Å². The molecule has 0 aliphatic heterocycles. The summed E-state index contributed by atoms with van der Waals surface area (Å²) in [6, 6.07) is 3.48. The average Bonchev–Trinajstić information content (AvgIpc) is 3.08. The monoisotopic (exact) mass is 289 g/mol. The van der Waals surface area contributed by atoms with Gasteiger partial charge < -0.3 is 5.11 Å². The van der Waals surface area contributed by atoms with Crippen molar-refractivity contribution < 1.29 is 9.90 Å². The van der Waals surface area contributed by atoms with Gasteiger partial charge in [-0.25, -0.2) is 5.84 Å². The van der Waals surface area contributed by atoms with Gasteiger partial charge in [0.15, 0.2) is 5.57 Å². The number of rotatable bonds is 5. The van der Waals surface area contributed by atoms with E-state index in [1.54, 1.807) is 17.5 Å². The molecule has 0 bridgehead atoms. The average molecular weight is 289 g/mol. The number of aliphatic hydroxyl groups is 1. The summed E-state index contributed by atoms with van der Waals surface area (Å²) in [7, 11) is 0. The van der Waals surface area contributed by atoms with Gasteiger partial charge >= 0.3 is 0 Å². The van der Waals surface area contributed by atoms with E-state index in [4.69, 9.17) is 11.1 Å². The largest absolute Gasteiger partial charge is 0.506 e. The maximum atomic E-state index is 12.1. The molecule has 1 aliphatic carbocycles. The predicted octanol–water partition coefficient (Wildman–Crippen LogP) is 2.21. The molecule has 0 atom stereocenters. The lowest BCUT2D eigenvalue weighted by Crippen LogP contribution is -2.40. The zero-order chi connectivity index (χ0) is 14.7. The Balaban J connectivity index is 2.20. The molecule has 0 aromatic carbocycles. The fourth-order valence-corrected chi connectivity index (χ4v) is 2.40. The minimum Gasteiger partial charge on any atom is -0.506 e. The molecule has 1 saturated carbocycles. The first kappa shape index (κ1) is 14.3. The van der Waals surface area contributed by atoms with Crippen LogP contribution in [0.2, 0.25) is 0 Å². The number of carbonyl (C=O) groups is 1. The second-order valence-corrected chi connectivity index (χ2v) is 5.51. The molecule has 0 unspecified atom stereocenters. The molecule has 1 fully saturated rings. The van der Waals surface area contributed by atoms with Crippen molar-refractivity contribution in [1.82, 2.24) is 5.01 Å². The van der Waals surface area contributed by atoms with E-state index < -0.39 is 11.7 Å². The summed E-state index contributed by atoms with van der Waals surface area (Å²) in [6.07, 6.45) is 2.08. The number of hydrazine groups is 1. The zero-order valence-corrected chi connectivity index (χ0v) is 11.7. The Morgan fingerprint density at radius 1 is 1.65 bits per heavy atom. The highest BCUT2D eigenvalue weighted by molar-refractivity contribution is 7.08. The summed E-state index contributed by atoms with van der Waals surface area (Å²) in [4.78, 5) is 12.1. The SMILES string of the molecule is C=C(/C(O)=C(/C#N)C(=O)N(N)CC1CC1)c1ccsc1. The molecule has 0 radical (unpaired) electrons. The fourth-order valence-electron chi connectivity index (χ4n) is 1.73. The molecule has 20 heavy (non-hydrogen) atoms. The van der Waals surface area contributed by atoms with Gasteiger partial charge in [-0.1, -0.05) is 6.58 Å². The van der Waals surface area contributed by atoms with E-state index in [-0.39, 0.29) is 11.1 Å². The first-order valence-electron chi connectivity index (χ1n) is 6.16. The van der Waals surface area contributed by atoms with Crippen LogP contribution in [0.5, 0.6) is 0 Å². The first-order valence-corrected chi connectivity index (χ1v) is 7.10. The number of thiophene rings is 1. The molecular weight excluding hydrogens is 274 g/mol. The standard InChI is InChI=1S/C14H15N3O2S/c1-9(11-4-5-20-8-11)13(18)12(6-15)14(19)17(16)7-10-2-3-10/h4-5,8,10,18H,1-3,7,16H2/b13-12+. The number of amides is 1. The third kappa shape index (κ3) is 3.07. The summed E-state index contributed by atoms with van der Waals surface area (Å²) in [5.74, 6) is 4.97. The smallest absolute Gasteiger partial charge is 0.282 e. The van der Waals surface area contributed by atoms with E-state index in [2.05, 4.69) is 6.58 Å². The van der Waals surface area contributed by atoms with Crippen LogP contribution < -0.4 is 5.84 Å². The van der Waals surface area contributed by atoms with E-state index >= 15 is 0 Å². The van der Waals surface area contributed by atoms with E-state index in [0.717, 1.165) is 17.9 Å². The Morgan fingerprint density at radius 2 is 2.35 bits per heavy atom. The van der Waals surface area contributed by atoms with Crippen molar-refractivity contribution in [3.8, 4) is 6.07 Å². The molecule has 0 saturated heterocycles. The van der Waals surface area contributed by atoms with Crippen molar-refractivity contribution in [1.29, 1.82) is 5.26 Å². The second kappa shape index (κ2) is 5.90. The second-order valence-electron chi connectivity index (χ2n) is 4.73. The third-order valence-electron chi connectivity index (χ3n) is 3.13. The van der Waals surface area contributed by atoms with Crippen LogP contribution in [-0.2, 0) is 4.79 Å². The van der Waals surface area contributed by atoms with E-state index in [1.807, 2.05) is 5.38 Å². The summed E-state index contributed by atoms with van der Waals surface area (Å²) in [5, 5.41) is 23.8. The van der Waals surface area contributed by atoms with Crippen LogP contribution in [0, 0.1) is 17.2 Å². The summed E-state index contributed by atoms with van der Waals surface area (Å²) >= 11 is 1.44. The molecule has 1 aliphatic rings. The zero-order valence-electron chi connectivity index (χ0n) is 10.9. The Morgan fingerprint density at radius 3 is 2.85 bits per heavy atom. The number of nitrogens with two attached hydrogens (primary N) is 1. The van der Waals surface area contributed by atoms with Crippen LogP contribution in [0.3, 0.4) is 0 Å². The quantitative estimate of drug-likeness (QED) is 0.165. The molecule has 3 N–H and O–H groups in total. The summed E-state index contributed by atoms with van der Waals surface area (Å²) in [5.41, 5.74) is 0.555. The number of hydrogen-bond acceptors (Lipinski definition) is 5. The van der Waals surface area contributed by atoms with Gasteiger partial charge in [-0.15, -0.1) is 0 Å². The molecule has 1 aromatic heterocycles. The molecule has 104 valence electrons. The lowest BCUT2D eigenvalue weighted by atomic mass is 10.1. The maximum absolute atomic E-state index is 12.1. The fraction of sp³-hybridized carbons (Fsp3) is 0.286. The maximum Gasteiger partial charge on any atom is 0.282 e. The lowest BCUT2D eigenvalue weighted by Gasteiger charge is -2.16. The van der Waals surface area contributed by atoms with Crippen molar-refractivity contribution >= 4 is 22.8 Å². The number of nitrogens with zero attached hydrogens (tertiary/aromatic N) is 2. The molecule has 6 heteroatoms. The molecule has 1 heterocycles. The number of allylic oxidation sites excluding steroid dienone is 1. The van der Waals surface area contributed by atoms with E-state index in [9.17, 15) is 9.90 Å². The van der Waals surface area contributed by atoms with Crippen LogP contribution in [0.4, 0.5) is 0 Å². The number of carbonyl (C=O) groups excluding carboxylic acids is 1. The molecule has 5 nitrogen and oxygen atoms in total. The normalized spacial score (nSPS) is 15.2. The summed E-state index contributed by atoms with van der Waals surface area (Å²) < 4.78 is 0. The molecular formula is C14H15N3O2S. The van der Waals surface area contributed by atoms with Crippen molar-refractivity contribution in [3.05, 3.63) is 40.3 Å². The van der Waals surface area contributed by atoms with Crippen molar-refractivity contribution in [2.24, 2.45) is 11.8 Å². The lowest BCUT2D eigenvalue weighted by molar-refractivity contribution is -0.127. The Hall–Kier alpha value is -2.10. The number of hydrogen-bond donors (Lipinski definition) is 2. The van der Waals surface area contributed by atoms with Crippen LogP contribution in [0.1, 0.15) is 18.4 Å². The number of nitriles is 1. The highest BCUT2D eigenvalue weighted by atomic mass is 32.1. The summed E-state index contributed by atoms with van der Waals surface area (Å²) in [6.45, 7) is 4.12. The van der Waals surface area contributed by atoms with Crippen LogP contribution >= 0.6 is 11.3 Å². The first-order chi connectivity index (χ1) is 9.54. The van der Waals surface area contributed by atoms with Crippen LogP contribution in [0.15, 0.2) is 34.7 Å². The Kier molecular flexibility index (Phi) is 4.23. The van der Waals surface area contributed by atoms with Crippen LogP contribution in [0.25, 0.3) is 5.57 Å². The van der Waals surface area contributed by atoms with Crippen molar-refractivity contribution in [2.45, 2.75) is 12.8 Å². The Bertz CT molecular complexity index is 594. The van der Waals surface area contributed by atoms with Gasteiger partial charge in [0.1, 0.15) is 11.8 Å². The van der Waals surface area contributed by atoms with Gasteiger partial charge in [-0.3, -0.25) is 9.80 Å². The van der Waals surface area contributed by atoms with Gasteiger partial charge in [-0.2, -0.15) is 16.6 Å². The minimum absolute atomic E-state index is 0.246. The van der Waals surface area contributed by atoms with E-state index in [1.165, 1.54) is 11.3 Å². The molecule has 1 aromatic rings. The molecule has 0 spiro atoms. The molecule has 1 amide bonds. The van der Waals surface area contributed by atoms with Crippen molar-refractivity contribution in [2.75, 3.05) is 6.54 Å². The molecule has 2 rings (SSSR count). The Labute approximate surface area is 121 Å². The van der Waals surface area contributed by atoms with Gasteiger partial charge in [0, 0.05) is 12.1 Å².